The Morgan fingerprint density at radius 1 is 1.13 bits per heavy atom. The average molecular weight is 310 g/mol. The standard InChI is InChI=1S/C18H22N4O/c1-2-6-17-15(5-1)16(7-10-23-17)19-11-14-12-20-18(21-13-14)22-8-3-4-9-22/h1-2,5-6,12-13,16,19H,3-4,7-11H2/t16-/m1/s1. The number of hydrogen-bond donors (Lipinski definition) is 1. The van der Waals surface area contributed by atoms with Crippen LogP contribution in [0.4, 0.5) is 5.95 Å². The summed E-state index contributed by atoms with van der Waals surface area (Å²) < 4.78 is 5.71. The van der Waals surface area contributed by atoms with Gasteiger partial charge in [-0.2, -0.15) is 0 Å². The molecule has 0 radical (unpaired) electrons. The normalized spacial score (nSPS) is 20.2. The number of fused-ring (bicyclic) bond motifs is 1. The molecule has 4 rings (SSSR count). The zero-order valence-corrected chi connectivity index (χ0v) is 13.2. The summed E-state index contributed by atoms with van der Waals surface area (Å²) in [5.74, 6) is 1.86. The van der Waals surface area contributed by atoms with Gasteiger partial charge in [-0.05, 0) is 18.9 Å². The topological polar surface area (TPSA) is 50.3 Å². The highest BCUT2D eigenvalue weighted by atomic mass is 16.5. The van der Waals surface area contributed by atoms with Gasteiger partial charge in [-0.15, -0.1) is 0 Å². The molecule has 3 heterocycles. The molecule has 2 aliphatic heterocycles. The van der Waals surface area contributed by atoms with Crippen LogP contribution < -0.4 is 15.0 Å². The summed E-state index contributed by atoms with van der Waals surface area (Å²) >= 11 is 0. The third kappa shape index (κ3) is 3.15. The number of anilines is 1. The fourth-order valence-electron chi connectivity index (χ4n) is 3.31. The van der Waals surface area contributed by atoms with Crippen LogP contribution in [-0.2, 0) is 6.54 Å². The van der Waals surface area contributed by atoms with E-state index in [1.807, 2.05) is 24.5 Å². The number of rotatable bonds is 4. The van der Waals surface area contributed by atoms with E-state index in [2.05, 4.69) is 32.3 Å². The Balaban J connectivity index is 1.39. The highest BCUT2D eigenvalue weighted by molar-refractivity contribution is 5.37. The second kappa shape index (κ2) is 6.54. The number of nitrogens with zero attached hydrogens (tertiary/aromatic N) is 3. The van der Waals surface area contributed by atoms with Crippen molar-refractivity contribution in [3.8, 4) is 5.75 Å². The Labute approximate surface area is 136 Å². The Kier molecular flexibility index (Phi) is 4.11. The monoisotopic (exact) mass is 310 g/mol. The molecule has 2 aromatic rings. The molecule has 1 aromatic carbocycles. The number of hydrogen-bond acceptors (Lipinski definition) is 5. The summed E-state index contributed by atoms with van der Waals surface area (Å²) in [5, 5.41) is 3.61. The van der Waals surface area contributed by atoms with Gasteiger partial charge >= 0.3 is 0 Å². The number of ether oxygens (including phenoxy) is 1. The zero-order chi connectivity index (χ0) is 15.5. The Morgan fingerprint density at radius 2 is 1.91 bits per heavy atom. The molecule has 23 heavy (non-hydrogen) atoms. The van der Waals surface area contributed by atoms with Gasteiger partial charge in [0.25, 0.3) is 0 Å². The smallest absolute Gasteiger partial charge is 0.225 e. The molecule has 1 atom stereocenters. The van der Waals surface area contributed by atoms with Crippen LogP contribution >= 0.6 is 0 Å². The Hall–Kier alpha value is -2.14. The van der Waals surface area contributed by atoms with E-state index in [1.165, 1.54) is 18.4 Å². The van der Waals surface area contributed by atoms with E-state index in [9.17, 15) is 0 Å². The molecule has 5 nitrogen and oxygen atoms in total. The van der Waals surface area contributed by atoms with E-state index >= 15 is 0 Å². The van der Waals surface area contributed by atoms with Gasteiger partial charge in [0, 0.05) is 55.6 Å². The molecule has 0 amide bonds. The summed E-state index contributed by atoms with van der Waals surface area (Å²) in [7, 11) is 0. The number of benzene rings is 1. The van der Waals surface area contributed by atoms with E-state index in [-0.39, 0.29) is 0 Å². The highest BCUT2D eigenvalue weighted by Gasteiger charge is 2.20. The minimum absolute atomic E-state index is 0.332. The minimum Gasteiger partial charge on any atom is -0.493 e. The van der Waals surface area contributed by atoms with Crippen LogP contribution in [0, 0.1) is 0 Å². The molecule has 120 valence electrons. The molecule has 2 aliphatic rings. The van der Waals surface area contributed by atoms with Crippen LogP contribution in [0.25, 0.3) is 0 Å². The van der Waals surface area contributed by atoms with Crippen molar-refractivity contribution in [3.63, 3.8) is 0 Å². The molecule has 5 heteroatoms. The van der Waals surface area contributed by atoms with E-state index in [0.717, 1.165) is 49.9 Å². The molecule has 1 saturated heterocycles. The van der Waals surface area contributed by atoms with Gasteiger partial charge in [0.1, 0.15) is 5.75 Å². The summed E-state index contributed by atoms with van der Waals surface area (Å²) in [6.45, 7) is 3.70. The average Bonchev–Trinajstić information content (AvgIpc) is 3.15. The second-order valence-electron chi connectivity index (χ2n) is 6.19. The van der Waals surface area contributed by atoms with Gasteiger partial charge in [0.2, 0.25) is 5.95 Å². The lowest BCUT2D eigenvalue weighted by atomic mass is 10.0. The van der Waals surface area contributed by atoms with E-state index in [4.69, 9.17) is 4.74 Å². The van der Waals surface area contributed by atoms with E-state index < -0.39 is 0 Å². The van der Waals surface area contributed by atoms with E-state index in [0.29, 0.717) is 6.04 Å². The molecule has 0 saturated carbocycles. The molecule has 0 unspecified atom stereocenters. The molecule has 1 N–H and O–H groups in total. The molecule has 1 fully saturated rings. The SMILES string of the molecule is c1ccc2c(c1)OCC[C@H]2NCc1cnc(N2CCCC2)nc1. The van der Waals surface area contributed by atoms with Crippen LogP contribution in [0.3, 0.4) is 0 Å². The fourth-order valence-corrected chi connectivity index (χ4v) is 3.31. The van der Waals surface area contributed by atoms with Gasteiger partial charge < -0.3 is 15.0 Å². The molecular weight excluding hydrogens is 288 g/mol. The van der Waals surface area contributed by atoms with Crippen molar-refractivity contribution < 1.29 is 4.74 Å². The van der Waals surface area contributed by atoms with Crippen LogP contribution in [-0.4, -0.2) is 29.7 Å². The highest BCUT2D eigenvalue weighted by Crippen LogP contribution is 2.31. The molecule has 0 aliphatic carbocycles. The maximum absolute atomic E-state index is 5.71. The van der Waals surface area contributed by atoms with Gasteiger partial charge in [-0.25, -0.2) is 9.97 Å². The van der Waals surface area contributed by atoms with Crippen LogP contribution in [0.15, 0.2) is 36.7 Å². The van der Waals surface area contributed by atoms with Gasteiger partial charge in [0.15, 0.2) is 0 Å². The second-order valence-corrected chi connectivity index (χ2v) is 6.19. The maximum Gasteiger partial charge on any atom is 0.225 e. The zero-order valence-electron chi connectivity index (χ0n) is 13.2. The van der Waals surface area contributed by atoms with E-state index in [1.54, 1.807) is 0 Å². The lowest BCUT2D eigenvalue weighted by Gasteiger charge is -2.26. The first-order valence-electron chi connectivity index (χ1n) is 8.41. The number of nitrogens with one attached hydrogen (secondary N) is 1. The quantitative estimate of drug-likeness (QED) is 0.941. The first-order chi connectivity index (χ1) is 11.4. The number of para-hydroxylation sites is 1. The largest absolute Gasteiger partial charge is 0.493 e. The van der Waals surface area contributed by atoms with Crippen LogP contribution in [0.2, 0.25) is 0 Å². The summed E-state index contributed by atoms with van der Waals surface area (Å²) in [4.78, 5) is 11.3. The van der Waals surface area contributed by atoms with Crippen molar-refractivity contribution in [3.05, 3.63) is 47.8 Å². The summed E-state index contributed by atoms with van der Waals surface area (Å²) in [6.07, 6.45) is 7.37. The Bertz CT molecular complexity index is 652. The van der Waals surface area contributed by atoms with Crippen molar-refractivity contribution in [1.82, 2.24) is 15.3 Å². The first-order valence-corrected chi connectivity index (χ1v) is 8.41. The van der Waals surface area contributed by atoms with Crippen LogP contribution in [0.1, 0.15) is 36.4 Å². The van der Waals surface area contributed by atoms with Crippen molar-refractivity contribution in [2.45, 2.75) is 31.8 Å². The lowest BCUT2D eigenvalue weighted by Crippen LogP contribution is -2.27. The molecule has 0 bridgehead atoms. The Morgan fingerprint density at radius 3 is 2.74 bits per heavy atom. The van der Waals surface area contributed by atoms with Gasteiger partial charge in [0.05, 0.1) is 6.61 Å². The van der Waals surface area contributed by atoms with Gasteiger partial charge in [-0.3, -0.25) is 0 Å². The van der Waals surface area contributed by atoms with Crippen molar-refractivity contribution in [2.75, 3.05) is 24.6 Å². The lowest BCUT2D eigenvalue weighted by molar-refractivity contribution is 0.252. The van der Waals surface area contributed by atoms with Crippen molar-refractivity contribution in [2.24, 2.45) is 0 Å². The van der Waals surface area contributed by atoms with Crippen LogP contribution in [0.5, 0.6) is 5.75 Å². The third-order valence-electron chi connectivity index (χ3n) is 4.59. The molecular formula is C18H22N4O. The van der Waals surface area contributed by atoms with Crippen molar-refractivity contribution >= 4 is 5.95 Å². The maximum atomic E-state index is 5.71. The van der Waals surface area contributed by atoms with Crippen molar-refractivity contribution in [1.29, 1.82) is 0 Å². The minimum atomic E-state index is 0.332. The number of aromatic nitrogens is 2. The third-order valence-corrected chi connectivity index (χ3v) is 4.59. The first kappa shape index (κ1) is 14.5. The fraction of sp³-hybridized carbons (Fsp3) is 0.444. The summed E-state index contributed by atoms with van der Waals surface area (Å²) in [5.41, 5.74) is 2.37. The summed E-state index contributed by atoms with van der Waals surface area (Å²) in [6, 6.07) is 8.59. The predicted molar refractivity (Wildman–Crippen MR) is 89.6 cm³/mol. The molecule has 0 spiro atoms. The van der Waals surface area contributed by atoms with Gasteiger partial charge in [-0.1, -0.05) is 18.2 Å². The predicted octanol–water partition coefficient (Wildman–Crippen LogP) is 2.69. The molecule has 1 aromatic heterocycles.